The van der Waals surface area contributed by atoms with Gasteiger partial charge in [0.2, 0.25) is 0 Å². The second kappa shape index (κ2) is 5.54. The van der Waals surface area contributed by atoms with Crippen LogP contribution >= 0.6 is 11.6 Å². The topological polar surface area (TPSA) is 68.5 Å². The number of rotatable bonds is 2. The highest BCUT2D eigenvalue weighted by atomic mass is 35.5. The molecule has 98 valence electrons. The molecule has 1 fully saturated rings. The van der Waals surface area contributed by atoms with Crippen molar-refractivity contribution in [2.75, 3.05) is 26.0 Å². The molecule has 2 N–H and O–H groups in total. The van der Waals surface area contributed by atoms with Crippen LogP contribution in [0.3, 0.4) is 0 Å². The van der Waals surface area contributed by atoms with Crippen LogP contribution in [0.2, 0.25) is 5.02 Å². The molecule has 1 aromatic heterocycles. The van der Waals surface area contributed by atoms with Crippen molar-refractivity contribution in [3.63, 3.8) is 0 Å². The van der Waals surface area contributed by atoms with Crippen LogP contribution in [0.1, 0.15) is 23.3 Å². The molecule has 0 aromatic carbocycles. The number of pyridine rings is 1. The number of halogens is 1. The number of carbonyl (C=O) groups excluding carboxylic acids is 1. The number of nitrogen functional groups attached to an aromatic ring is 1. The fraction of sp³-hybridized carbons (Fsp3) is 0.500. The number of carbonyl (C=O) groups is 1. The van der Waals surface area contributed by atoms with E-state index in [0.29, 0.717) is 23.9 Å². The predicted molar refractivity (Wildman–Crippen MR) is 69.6 cm³/mol. The van der Waals surface area contributed by atoms with E-state index in [1.165, 1.54) is 6.20 Å². The average Bonchev–Trinajstić information content (AvgIpc) is 2.38. The van der Waals surface area contributed by atoms with Gasteiger partial charge in [-0.3, -0.25) is 4.79 Å². The third-order valence-electron chi connectivity index (χ3n) is 3.15. The average molecular weight is 270 g/mol. The molecule has 0 spiro atoms. The van der Waals surface area contributed by atoms with Gasteiger partial charge in [0.25, 0.3) is 5.91 Å². The normalized spacial score (nSPS) is 16.6. The highest BCUT2D eigenvalue weighted by molar-refractivity contribution is 6.30. The standard InChI is InChI=1S/C12H16ClN3O2/c1-16(9-2-4-18-5-3-9)12(17)11-10(14)6-8(13)7-15-11/h6-7,9H,2-5,14H2,1H3. The lowest BCUT2D eigenvalue weighted by Gasteiger charge is -2.31. The highest BCUT2D eigenvalue weighted by Gasteiger charge is 2.25. The second-order valence-corrected chi connectivity index (χ2v) is 4.79. The number of ether oxygens (including phenoxy) is 1. The van der Waals surface area contributed by atoms with Gasteiger partial charge in [-0.15, -0.1) is 0 Å². The van der Waals surface area contributed by atoms with E-state index in [-0.39, 0.29) is 17.6 Å². The van der Waals surface area contributed by atoms with Gasteiger partial charge in [0.15, 0.2) is 5.69 Å². The van der Waals surface area contributed by atoms with Crippen LogP contribution in [0.15, 0.2) is 12.3 Å². The van der Waals surface area contributed by atoms with Crippen LogP contribution in [0.5, 0.6) is 0 Å². The van der Waals surface area contributed by atoms with Gasteiger partial charge in [0.1, 0.15) is 0 Å². The Hall–Kier alpha value is -1.33. The molecule has 0 unspecified atom stereocenters. The third-order valence-corrected chi connectivity index (χ3v) is 3.35. The number of anilines is 1. The monoisotopic (exact) mass is 269 g/mol. The molecule has 18 heavy (non-hydrogen) atoms. The molecular weight excluding hydrogens is 254 g/mol. The summed E-state index contributed by atoms with van der Waals surface area (Å²) in [6.07, 6.45) is 3.12. The van der Waals surface area contributed by atoms with E-state index >= 15 is 0 Å². The van der Waals surface area contributed by atoms with Crippen LogP contribution in [-0.2, 0) is 4.74 Å². The van der Waals surface area contributed by atoms with E-state index in [2.05, 4.69) is 4.98 Å². The van der Waals surface area contributed by atoms with E-state index < -0.39 is 0 Å². The van der Waals surface area contributed by atoms with Gasteiger partial charge in [-0.2, -0.15) is 0 Å². The Labute approximate surface area is 111 Å². The first-order valence-corrected chi connectivity index (χ1v) is 6.23. The minimum absolute atomic E-state index is 0.170. The van der Waals surface area contributed by atoms with E-state index in [4.69, 9.17) is 22.1 Å². The van der Waals surface area contributed by atoms with Gasteiger partial charge in [-0.1, -0.05) is 11.6 Å². The SMILES string of the molecule is CN(C(=O)c1ncc(Cl)cc1N)C1CCOCC1. The summed E-state index contributed by atoms with van der Waals surface area (Å²) in [6, 6.07) is 1.72. The molecule has 0 saturated carbocycles. The fourth-order valence-corrected chi connectivity index (χ4v) is 2.21. The zero-order valence-electron chi connectivity index (χ0n) is 10.2. The molecule has 6 heteroatoms. The van der Waals surface area contributed by atoms with Crippen molar-refractivity contribution in [2.45, 2.75) is 18.9 Å². The van der Waals surface area contributed by atoms with Gasteiger partial charge in [0.05, 0.1) is 10.7 Å². The molecule has 1 aliphatic rings. The number of aromatic nitrogens is 1. The molecule has 1 saturated heterocycles. The van der Waals surface area contributed by atoms with Crippen molar-refractivity contribution in [2.24, 2.45) is 0 Å². The maximum absolute atomic E-state index is 12.3. The zero-order valence-corrected chi connectivity index (χ0v) is 11.0. The lowest BCUT2D eigenvalue weighted by Crippen LogP contribution is -2.41. The van der Waals surface area contributed by atoms with E-state index in [0.717, 1.165) is 12.8 Å². The number of nitrogens with two attached hydrogens (primary N) is 1. The van der Waals surface area contributed by atoms with Crippen LogP contribution in [-0.4, -0.2) is 42.1 Å². The number of amides is 1. The lowest BCUT2D eigenvalue weighted by molar-refractivity contribution is 0.0359. The number of nitrogens with zero attached hydrogens (tertiary/aromatic N) is 2. The number of hydrogen-bond donors (Lipinski definition) is 1. The maximum Gasteiger partial charge on any atom is 0.274 e. The van der Waals surface area contributed by atoms with Crippen molar-refractivity contribution in [3.8, 4) is 0 Å². The van der Waals surface area contributed by atoms with Gasteiger partial charge < -0.3 is 15.4 Å². The van der Waals surface area contributed by atoms with Crippen molar-refractivity contribution in [1.82, 2.24) is 9.88 Å². The summed E-state index contributed by atoms with van der Waals surface area (Å²) < 4.78 is 5.28. The van der Waals surface area contributed by atoms with Gasteiger partial charge >= 0.3 is 0 Å². The summed E-state index contributed by atoms with van der Waals surface area (Å²) >= 11 is 5.77. The molecule has 0 atom stereocenters. The van der Waals surface area contributed by atoms with Crippen LogP contribution in [0.4, 0.5) is 5.69 Å². The summed E-state index contributed by atoms with van der Waals surface area (Å²) in [5.74, 6) is -0.170. The minimum Gasteiger partial charge on any atom is -0.397 e. The molecule has 1 amide bonds. The Kier molecular flexibility index (Phi) is 4.04. The Morgan fingerprint density at radius 1 is 1.56 bits per heavy atom. The fourth-order valence-electron chi connectivity index (χ4n) is 2.04. The summed E-state index contributed by atoms with van der Waals surface area (Å²) in [4.78, 5) is 18.0. The van der Waals surface area contributed by atoms with Crippen molar-refractivity contribution < 1.29 is 9.53 Å². The Morgan fingerprint density at radius 3 is 2.83 bits per heavy atom. The Bertz CT molecular complexity index is 447. The zero-order chi connectivity index (χ0) is 13.1. The second-order valence-electron chi connectivity index (χ2n) is 4.35. The lowest BCUT2D eigenvalue weighted by atomic mass is 10.1. The minimum atomic E-state index is -0.170. The highest BCUT2D eigenvalue weighted by Crippen LogP contribution is 2.19. The first kappa shape index (κ1) is 13.1. The molecule has 0 bridgehead atoms. The van der Waals surface area contributed by atoms with Crippen molar-refractivity contribution in [1.29, 1.82) is 0 Å². The predicted octanol–water partition coefficient (Wildman–Crippen LogP) is 1.57. The first-order valence-electron chi connectivity index (χ1n) is 5.85. The molecule has 0 aliphatic carbocycles. The van der Waals surface area contributed by atoms with Crippen LogP contribution < -0.4 is 5.73 Å². The molecule has 0 radical (unpaired) electrons. The molecule has 5 nitrogen and oxygen atoms in total. The van der Waals surface area contributed by atoms with Crippen molar-refractivity contribution in [3.05, 3.63) is 23.0 Å². The molecule has 2 heterocycles. The molecule has 1 aromatic rings. The van der Waals surface area contributed by atoms with E-state index in [1.54, 1.807) is 18.0 Å². The maximum atomic E-state index is 12.3. The summed E-state index contributed by atoms with van der Waals surface area (Å²) in [7, 11) is 1.77. The number of hydrogen-bond acceptors (Lipinski definition) is 4. The summed E-state index contributed by atoms with van der Waals surface area (Å²) in [5.41, 5.74) is 6.34. The summed E-state index contributed by atoms with van der Waals surface area (Å²) in [5, 5.41) is 0.428. The van der Waals surface area contributed by atoms with Crippen molar-refractivity contribution >= 4 is 23.2 Å². The van der Waals surface area contributed by atoms with Gasteiger partial charge in [-0.05, 0) is 18.9 Å². The Balaban J connectivity index is 2.14. The first-order chi connectivity index (χ1) is 8.59. The quantitative estimate of drug-likeness (QED) is 0.885. The third kappa shape index (κ3) is 2.73. The largest absolute Gasteiger partial charge is 0.397 e. The van der Waals surface area contributed by atoms with E-state index in [9.17, 15) is 4.79 Å². The van der Waals surface area contributed by atoms with Crippen LogP contribution in [0, 0.1) is 0 Å². The Morgan fingerprint density at radius 2 is 2.22 bits per heavy atom. The van der Waals surface area contributed by atoms with Gasteiger partial charge in [-0.25, -0.2) is 4.98 Å². The molecular formula is C12H16ClN3O2. The molecule has 2 rings (SSSR count). The summed E-state index contributed by atoms with van der Waals surface area (Å²) in [6.45, 7) is 1.37. The van der Waals surface area contributed by atoms with E-state index in [1.807, 2.05) is 0 Å². The smallest absolute Gasteiger partial charge is 0.274 e. The van der Waals surface area contributed by atoms with Gasteiger partial charge in [0, 0.05) is 32.5 Å². The van der Waals surface area contributed by atoms with Crippen LogP contribution in [0.25, 0.3) is 0 Å². The molecule has 1 aliphatic heterocycles.